The minimum absolute atomic E-state index is 0.0182. The molecular formula is C22H22FN5O3S. The molecule has 1 heterocycles. The van der Waals surface area contributed by atoms with Gasteiger partial charge < -0.3 is 16.8 Å². The molecular weight excluding hydrogens is 433 g/mol. The second-order valence-corrected chi connectivity index (χ2v) is 7.73. The first-order valence-corrected chi connectivity index (χ1v) is 10.5. The minimum atomic E-state index is -0.839. The van der Waals surface area contributed by atoms with E-state index in [2.05, 4.69) is 9.69 Å². The maximum absolute atomic E-state index is 13.2. The Kier molecular flexibility index (Phi) is 7.16. The van der Waals surface area contributed by atoms with Gasteiger partial charge in [0.1, 0.15) is 17.2 Å². The van der Waals surface area contributed by atoms with Crippen LogP contribution in [-0.4, -0.2) is 28.6 Å². The van der Waals surface area contributed by atoms with Crippen LogP contribution in [0.5, 0.6) is 0 Å². The van der Waals surface area contributed by atoms with Crippen LogP contribution in [0.15, 0.2) is 48.5 Å². The Morgan fingerprint density at radius 1 is 1.06 bits per heavy atom. The molecule has 0 aliphatic carbocycles. The molecule has 166 valence electrons. The van der Waals surface area contributed by atoms with Gasteiger partial charge in [-0.05, 0) is 53.3 Å². The Morgan fingerprint density at radius 2 is 1.69 bits per heavy atom. The average molecular weight is 456 g/mol. The second kappa shape index (κ2) is 10.0. The van der Waals surface area contributed by atoms with Crippen molar-refractivity contribution < 1.29 is 18.8 Å². The number of carbonyl (C=O) groups excluding carboxylic acids is 3. The maximum atomic E-state index is 13.2. The molecule has 0 fully saturated rings. The van der Waals surface area contributed by atoms with Crippen molar-refractivity contribution in [1.82, 2.24) is 9.69 Å². The first kappa shape index (κ1) is 22.9. The molecule has 0 saturated heterocycles. The Morgan fingerprint density at radius 3 is 2.25 bits per heavy atom. The number of aromatic nitrogens is 1. The van der Waals surface area contributed by atoms with E-state index in [1.807, 2.05) is 19.1 Å². The number of primary amides is 1. The lowest BCUT2D eigenvalue weighted by Crippen LogP contribution is -2.40. The zero-order chi connectivity index (χ0) is 23.3. The molecule has 32 heavy (non-hydrogen) atoms. The Hall–Kier alpha value is -3.79. The third kappa shape index (κ3) is 5.27. The van der Waals surface area contributed by atoms with Gasteiger partial charge in [-0.25, -0.2) is 4.39 Å². The molecule has 2 aromatic carbocycles. The van der Waals surface area contributed by atoms with Gasteiger partial charge in [-0.2, -0.15) is 4.37 Å². The van der Waals surface area contributed by atoms with Crippen LogP contribution >= 0.6 is 11.5 Å². The zero-order valence-electron chi connectivity index (χ0n) is 17.3. The van der Waals surface area contributed by atoms with E-state index in [0.717, 1.165) is 23.5 Å². The van der Waals surface area contributed by atoms with Crippen LogP contribution in [0.3, 0.4) is 0 Å². The molecule has 8 nitrogen and oxygen atoms in total. The number of amides is 3. The molecule has 0 spiro atoms. The predicted molar refractivity (Wildman–Crippen MR) is 121 cm³/mol. The molecule has 0 bridgehead atoms. The van der Waals surface area contributed by atoms with Gasteiger partial charge in [0.05, 0.1) is 5.69 Å². The number of carbonyl (C=O) groups is 3. The lowest BCUT2D eigenvalue weighted by molar-refractivity contribution is -0.119. The molecule has 10 heteroatoms. The summed E-state index contributed by atoms with van der Waals surface area (Å²) in [5.41, 5.74) is 13.1. The van der Waals surface area contributed by atoms with E-state index in [1.54, 1.807) is 24.3 Å². The Labute approximate surface area is 188 Å². The highest BCUT2D eigenvalue weighted by Gasteiger charge is 2.27. The van der Waals surface area contributed by atoms with E-state index in [0.29, 0.717) is 11.3 Å². The number of nitrogen functional groups attached to an aromatic ring is 1. The van der Waals surface area contributed by atoms with Gasteiger partial charge in [0.25, 0.3) is 11.8 Å². The number of halogens is 1. The number of anilines is 2. The molecule has 0 unspecified atom stereocenters. The summed E-state index contributed by atoms with van der Waals surface area (Å²) < 4.78 is 16.9. The SMILES string of the molecule is CCc1ccc(N(CC(=O)NCc2ccc(F)cc2)C(=O)c2snc(C(N)=O)c2N)cc1. The summed E-state index contributed by atoms with van der Waals surface area (Å²) in [5.74, 6) is -2.22. The van der Waals surface area contributed by atoms with E-state index in [4.69, 9.17) is 11.5 Å². The number of hydrogen-bond acceptors (Lipinski definition) is 6. The smallest absolute Gasteiger partial charge is 0.272 e. The summed E-state index contributed by atoms with van der Waals surface area (Å²) in [7, 11) is 0. The maximum Gasteiger partial charge on any atom is 0.272 e. The van der Waals surface area contributed by atoms with Crippen LogP contribution in [0.1, 0.15) is 38.2 Å². The number of benzene rings is 2. The number of nitrogens with zero attached hydrogens (tertiary/aromatic N) is 2. The topological polar surface area (TPSA) is 131 Å². The fourth-order valence-electron chi connectivity index (χ4n) is 2.95. The van der Waals surface area contributed by atoms with E-state index in [1.165, 1.54) is 17.0 Å². The molecule has 3 amide bonds. The highest BCUT2D eigenvalue weighted by Crippen LogP contribution is 2.26. The van der Waals surface area contributed by atoms with Gasteiger partial charge >= 0.3 is 0 Å². The average Bonchev–Trinajstić information content (AvgIpc) is 3.18. The Bertz CT molecular complexity index is 1130. The number of aryl methyl sites for hydroxylation is 1. The summed E-state index contributed by atoms with van der Waals surface area (Å²) in [5, 5.41) is 2.71. The van der Waals surface area contributed by atoms with Crippen LogP contribution in [0.25, 0.3) is 0 Å². The first-order chi connectivity index (χ1) is 15.3. The minimum Gasteiger partial charge on any atom is -0.395 e. The summed E-state index contributed by atoms with van der Waals surface area (Å²) in [6.45, 7) is 1.88. The van der Waals surface area contributed by atoms with E-state index in [-0.39, 0.29) is 35.2 Å². The molecule has 3 aromatic rings. The fraction of sp³-hybridized carbons (Fsp3) is 0.182. The summed E-state index contributed by atoms with van der Waals surface area (Å²) in [6.07, 6.45) is 0.816. The third-order valence-corrected chi connectivity index (χ3v) is 5.61. The highest BCUT2D eigenvalue weighted by atomic mass is 32.1. The normalized spacial score (nSPS) is 10.6. The number of nitrogens with one attached hydrogen (secondary N) is 1. The van der Waals surface area contributed by atoms with Gasteiger partial charge in [0, 0.05) is 12.2 Å². The van der Waals surface area contributed by atoms with Crippen molar-refractivity contribution in [3.05, 3.63) is 76.0 Å². The van der Waals surface area contributed by atoms with Crippen LogP contribution in [0, 0.1) is 5.82 Å². The fourth-order valence-corrected chi connectivity index (χ4v) is 3.70. The summed E-state index contributed by atoms with van der Waals surface area (Å²) >= 11 is 0.748. The van der Waals surface area contributed by atoms with Crippen LogP contribution < -0.4 is 21.7 Å². The molecule has 0 aliphatic heterocycles. The number of nitrogens with two attached hydrogens (primary N) is 2. The Balaban J connectivity index is 1.83. The van der Waals surface area contributed by atoms with Crippen molar-refractivity contribution in [3.63, 3.8) is 0 Å². The lowest BCUT2D eigenvalue weighted by Gasteiger charge is -2.22. The first-order valence-electron chi connectivity index (χ1n) is 9.77. The van der Waals surface area contributed by atoms with Crippen molar-refractivity contribution in [1.29, 1.82) is 0 Å². The van der Waals surface area contributed by atoms with Crippen molar-refractivity contribution >= 4 is 40.6 Å². The summed E-state index contributed by atoms with van der Waals surface area (Å²) in [6, 6.07) is 12.9. The van der Waals surface area contributed by atoms with Crippen molar-refractivity contribution in [2.45, 2.75) is 19.9 Å². The molecule has 1 aromatic heterocycles. The summed E-state index contributed by atoms with van der Waals surface area (Å²) in [4.78, 5) is 38.6. The van der Waals surface area contributed by atoms with Gasteiger partial charge in [0.2, 0.25) is 5.91 Å². The van der Waals surface area contributed by atoms with Gasteiger partial charge in [0.15, 0.2) is 5.69 Å². The number of hydrogen-bond donors (Lipinski definition) is 3. The van der Waals surface area contributed by atoms with Crippen LogP contribution in [0.2, 0.25) is 0 Å². The van der Waals surface area contributed by atoms with Gasteiger partial charge in [-0.1, -0.05) is 31.2 Å². The van der Waals surface area contributed by atoms with Gasteiger partial charge in [-0.3, -0.25) is 19.3 Å². The standard InChI is InChI=1S/C22H22FN5O3S/c1-2-13-5-9-16(10-6-13)28(22(31)20-18(24)19(21(25)30)27-32-20)12-17(29)26-11-14-3-7-15(23)8-4-14/h3-10H,2,11-12,24H2,1H3,(H2,25,30)(H,26,29). The molecule has 0 atom stereocenters. The quantitative estimate of drug-likeness (QED) is 0.480. The van der Waals surface area contributed by atoms with E-state index in [9.17, 15) is 18.8 Å². The van der Waals surface area contributed by atoms with Crippen LogP contribution in [0.4, 0.5) is 15.8 Å². The third-order valence-electron chi connectivity index (χ3n) is 4.76. The van der Waals surface area contributed by atoms with Crippen LogP contribution in [-0.2, 0) is 17.8 Å². The van der Waals surface area contributed by atoms with Crippen molar-refractivity contribution in [2.24, 2.45) is 5.73 Å². The van der Waals surface area contributed by atoms with Crippen molar-refractivity contribution in [2.75, 3.05) is 17.2 Å². The highest BCUT2D eigenvalue weighted by molar-refractivity contribution is 7.09. The number of rotatable bonds is 8. The second-order valence-electron chi connectivity index (χ2n) is 6.95. The monoisotopic (exact) mass is 455 g/mol. The lowest BCUT2D eigenvalue weighted by atomic mass is 10.1. The zero-order valence-corrected chi connectivity index (χ0v) is 18.1. The van der Waals surface area contributed by atoms with E-state index < -0.39 is 17.7 Å². The molecule has 0 aliphatic rings. The van der Waals surface area contributed by atoms with Crippen molar-refractivity contribution in [3.8, 4) is 0 Å². The molecule has 0 saturated carbocycles. The largest absolute Gasteiger partial charge is 0.395 e. The predicted octanol–water partition coefficient (Wildman–Crippen LogP) is 2.49. The molecule has 0 radical (unpaired) electrons. The molecule has 3 rings (SSSR count). The van der Waals surface area contributed by atoms with E-state index >= 15 is 0 Å². The molecule has 5 N–H and O–H groups in total. The van der Waals surface area contributed by atoms with Gasteiger partial charge in [-0.15, -0.1) is 0 Å².